The molecule has 1 aromatic heterocycles. The number of hydrogen-bond donors (Lipinski definition) is 1. The molecule has 0 radical (unpaired) electrons. The van der Waals surface area contributed by atoms with E-state index >= 15 is 0 Å². The molecule has 1 saturated carbocycles. The summed E-state index contributed by atoms with van der Waals surface area (Å²) in [5.74, 6) is -0.445. The van der Waals surface area contributed by atoms with Crippen molar-refractivity contribution in [2.24, 2.45) is 12.2 Å². The smallest absolute Gasteiger partial charge is 0.279 e. The van der Waals surface area contributed by atoms with Crippen LogP contribution in [-0.4, -0.2) is 54.2 Å². The summed E-state index contributed by atoms with van der Waals surface area (Å²) in [7, 11) is -1.80. The molecule has 1 N–H and O–H groups in total. The molecular formula is C20H22N4O6S. The third kappa shape index (κ3) is 4.83. The lowest BCUT2D eigenvalue weighted by atomic mass is 10.1. The van der Waals surface area contributed by atoms with Gasteiger partial charge in [-0.05, 0) is 25.0 Å². The molecule has 1 aliphatic carbocycles. The van der Waals surface area contributed by atoms with E-state index in [1.54, 1.807) is 0 Å². The van der Waals surface area contributed by atoms with Gasteiger partial charge < -0.3 is 19.5 Å². The Kier molecular flexibility index (Phi) is 5.88. The third-order valence-corrected chi connectivity index (χ3v) is 7.31. The number of carbonyl (C=O) groups is 1. The molecule has 1 amide bonds. The molecule has 1 atom stereocenters. The predicted molar refractivity (Wildman–Crippen MR) is 112 cm³/mol. The Bertz CT molecular complexity index is 1160. The van der Waals surface area contributed by atoms with Crippen molar-refractivity contribution in [1.82, 2.24) is 9.55 Å². The van der Waals surface area contributed by atoms with Crippen molar-refractivity contribution in [3.05, 3.63) is 52.6 Å². The summed E-state index contributed by atoms with van der Waals surface area (Å²) in [5.41, 5.74) is 0.0258. The second kappa shape index (κ2) is 8.60. The van der Waals surface area contributed by atoms with Crippen LogP contribution in [0.1, 0.15) is 24.8 Å². The number of rotatable bonds is 7. The van der Waals surface area contributed by atoms with E-state index in [9.17, 15) is 18.0 Å². The predicted octanol–water partition coefficient (Wildman–Crippen LogP) is 0.865. The number of sulfone groups is 1. The van der Waals surface area contributed by atoms with Crippen LogP contribution in [-0.2, 0) is 31.3 Å². The number of carbonyl (C=O) groups excluding carboxylic acids is 1. The van der Waals surface area contributed by atoms with Crippen LogP contribution in [0.4, 0.5) is 5.82 Å². The zero-order valence-electron chi connectivity index (χ0n) is 16.9. The van der Waals surface area contributed by atoms with Crippen LogP contribution in [0.2, 0.25) is 0 Å². The van der Waals surface area contributed by atoms with Gasteiger partial charge in [0, 0.05) is 25.2 Å². The number of nitrogens with zero attached hydrogens (tertiary/aromatic N) is 3. The number of aryl methyl sites for hydroxylation is 1. The van der Waals surface area contributed by atoms with Gasteiger partial charge in [-0.25, -0.2) is 13.4 Å². The van der Waals surface area contributed by atoms with Crippen molar-refractivity contribution in [2.45, 2.75) is 35.5 Å². The number of benzene rings is 1. The summed E-state index contributed by atoms with van der Waals surface area (Å²) in [6.07, 6.45) is 4.20. The lowest BCUT2D eigenvalue weighted by Gasteiger charge is -2.11. The highest BCUT2D eigenvalue weighted by atomic mass is 32.2. The molecule has 0 spiro atoms. The molecule has 10 nitrogen and oxygen atoms in total. The van der Waals surface area contributed by atoms with Gasteiger partial charge in [-0.2, -0.15) is 0 Å². The number of aromatic nitrogens is 2. The van der Waals surface area contributed by atoms with Gasteiger partial charge in [0.1, 0.15) is 5.82 Å². The Morgan fingerprint density at radius 1 is 1.26 bits per heavy atom. The van der Waals surface area contributed by atoms with Crippen LogP contribution >= 0.6 is 0 Å². The standard InChI is InChI=1S/C20H22N4O6S/c1-24-11-17(21-10-18(24)25)22-20(26)19(23-30-14-8-9-29-12-14)13-2-4-15(5-3-13)31(27,28)16-6-7-16/h2-5,10-11,14,16H,6-9,12H2,1H3,(H,22,26)/b23-19+/t14-/m1/s1. The van der Waals surface area contributed by atoms with Crippen molar-refractivity contribution >= 4 is 27.3 Å². The van der Waals surface area contributed by atoms with Gasteiger partial charge in [0.05, 0.1) is 29.6 Å². The molecule has 2 aliphatic rings. The Hall–Kier alpha value is -3.05. The first-order valence-corrected chi connectivity index (χ1v) is 11.4. The second-order valence-corrected chi connectivity index (χ2v) is 9.70. The molecule has 0 bridgehead atoms. The number of anilines is 1. The van der Waals surface area contributed by atoms with Gasteiger partial charge in [0.15, 0.2) is 21.7 Å². The van der Waals surface area contributed by atoms with E-state index < -0.39 is 15.7 Å². The molecule has 31 heavy (non-hydrogen) atoms. The van der Waals surface area contributed by atoms with Crippen LogP contribution in [0, 0.1) is 0 Å². The highest BCUT2D eigenvalue weighted by molar-refractivity contribution is 7.92. The van der Waals surface area contributed by atoms with E-state index in [0.29, 0.717) is 38.0 Å². The summed E-state index contributed by atoms with van der Waals surface area (Å²) >= 11 is 0. The largest absolute Gasteiger partial charge is 0.389 e. The molecule has 1 aromatic carbocycles. The van der Waals surface area contributed by atoms with Crippen LogP contribution in [0.5, 0.6) is 0 Å². The van der Waals surface area contributed by atoms with E-state index in [0.717, 1.165) is 6.20 Å². The summed E-state index contributed by atoms with van der Waals surface area (Å²) in [6.45, 7) is 0.927. The van der Waals surface area contributed by atoms with Crippen molar-refractivity contribution < 1.29 is 22.8 Å². The Balaban J connectivity index is 1.60. The van der Waals surface area contributed by atoms with E-state index in [-0.39, 0.29) is 33.3 Å². The van der Waals surface area contributed by atoms with Gasteiger partial charge >= 0.3 is 0 Å². The fourth-order valence-corrected chi connectivity index (χ4v) is 4.72. The van der Waals surface area contributed by atoms with Crippen molar-refractivity contribution in [3.8, 4) is 0 Å². The van der Waals surface area contributed by atoms with Crippen LogP contribution in [0.3, 0.4) is 0 Å². The van der Waals surface area contributed by atoms with Gasteiger partial charge in [0.2, 0.25) is 0 Å². The fraction of sp³-hybridized carbons (Fsp3) is 0.400. The normalized spacial score (nSPS) is 19.3. The second-order valence-electron chi connectivity index (χ2n) is 7.48. The monoisotopic (exact) mass is 446 g/mol. The van der Waals surface area contributed by atoms with Gasteiger partial charge in [-0.1, -0.05) is 17.3 Å². The number of ether oxygens (including phenoxy) is 1. The third-order valence-electron chi connectivity index (χ3n) is 5.03. The van der Waals surface area contributed by atoms with E-state index in [1.165, 1.54) is 42.1 Å². The van der Waals surface area contributed by atoms with Gasteiger partial charge in [0.25, 0.3) is 11.5 Å². The van der Waals surface area contributed by atoms with E-state index in [1.807, 2.05) is 0 Å². The van der Waals surface area contributed by atoms with Crippen LogP contribution in [0.15, 0.2) is 51.5 Å². The van der Waals surface area contributed by atoms with Gasteiger partial charge in [-0.15, -0.1) is 0 Å². The molecule has 2 fully saturated rings. The zero-order chi connectivity index (χ0) is 22.0. The average Bonchev–Trinajstić information content (AvgIpc) is 3.49. The van der Waals surface area contributed by atoms with Crippen molar-refractivity contribution in [1.29, 1.82) is 0 Å². The average molecular weight is 446 g/mol. The molecule has 0 unspecified atom stereocenters. The molecule has 1 saturated heterocycles. The summed E-state index contributed by atoms with van der Waals surface area (Å²) < 4.78 is 31.4. The minimum Gasteiger partial charge on any atom is -0.389 e. The molecule has 2 heterocycles. The minimum atomic E-state index is -3.34. The van der Waals surface area contributed by atoms with Crippen LogP contribution < -0.4 is 10.9 Å². The molecule has 1 aliphatic heterocycles. The Morgan fingerprint density at radius 2 is 2.00 bits per heavy atom. The highest BCUT2D eigenvalue weighted by Crippen LogP contribution is 2.33. The Morgan fingerprint density at radius 3 is 2.61 bits per heavy atom. The first kappa shape index (κ1) is 21.2. The number of nitrogens with one attached hydrogen (secondary N) is 1. The zero-order valence-corrected chi connectivity index (χ0v) is 17.7. The minimum absolute atomic E-state index is 0.0436. The molecule has 11 heteroatoms. The molecule has 164 valence electrons. The lowest BCUT2D eigenvalue weighted by molar-refractivity contribution is -0.110. The number of amides is 1. The summed E-state index contributed by atoms with van der Waals surface area (Å²) in [5, 5.41) is 6.29. The molecule has 4 rings (SSSR count). The van der Waals surface area contributed by atoms with Crippen molar-refractivity contribution in [3.63, 3.8) is 0 Å². The first-order chi connectivity index (χ1) is 14.8. The molecular weight excluding hydrogens is 424 g/mol. The van der Waals surface area contributed by atoms with Crippen LogP contribution in [0.25, 0.3) is 0 Å². The Labute approximate surface area is 178 Å². The fourth-order valence-electron chi connectivity index (χ4n) is 3.06. The number of oxime groups is 1. The summed E-state index contributed by atoms with van der Waals surface area (Å²) in [4.78, 5) is 34.0. The quantitative estimate of drug-likeness (QED) is 0.493. The maximum Gasteiger partial charge on any atom is 0.279 e. The summed E-state index contributed by atoms with van der Waals surface area (Å²) in [6, 6.07) is 5.98. The van der Waals surface area contributed by atoms with E-state index in [4.69, 9.17) is 9.57 Å². The first-order valence-electron chi connectivity index (χ1n) is 9.84. The number of hydrogen-bond acceptors (Lipinski definition) is 8. The topological polar surface area (TPSA) is 129 Å². The van der Waals surface area contributed by atoms with Crippen molar-refractivity contribution in [2.75, 3.05) is 18.5 Å². The maximum atomic E-state index is 12.9. The molecule has 2 aromatic rings. The lowest BCUT2D eigenvalue weighted by Crippen LogP contribution is -2.27. The van der Waals surface area contributed by atoms with E-state index in [2.05, 4.69) is 15.5 Å². The maximum absolute atomic E-state index is 12.9. The van der Waals surface area contributed by atoms with Gasteiger partial charge in [-0.3, -0.25) is 9.59 Å². The SMILES string of the molecule is Cn1cc(NC(=O)/C(=N/O[C@@H]2CCOC2)c2ccc(S(=O)(=O)C3CC3)cc2)ncc1=O. The highest BCUT2D eigenvalue weighted by Gasteiger charge is 2.36.